The van der Waals surface area contributed by atoms with E-state index in [0.29, 0.717) is 23.9 Å². The maximum absolute atomic E-state index is 12.0. The Balaban J connectivity index is 2.46. The summed E-state index contributed by atoms with van der Waals surface area (Å²) in [4.78, 5) is 22.3. The van der Waals surface area contributed by atoms with Crippen LogP contribution in [0.1, 0.15) is 34.4 Å². The molecule has 0 radical (unpaired) electrons. The fourth-order valence-electron chi connectivity index (χ4n) is 2.07. The van der Waals surface area contributed by atoms with Gasteiger partial charge >= 0.3 is 5.97 Å². The van der Waals surface area contributed by atoms with Crippen molar-refractivity contribution in [3.63, 3.8) is 0 Å². The minimum atomic E-state index is -0.302. The summed E-state index contributed by atoms with van der Waals surface area (Å²) in [7, 11) is 0. The average molecular weight is 308 g/mol. The SMILES string of the molecule is CCOC(=O)c1sc2nc(C)nc(NCCCN)c2c1C. The van der Waals surface area contributed by atoms with E-state index in [9.17, 15) is 4.79 Å². The van der Waals surface area contributed by atoms with Crippen LogP contribution in [0.15, 0.2) is 0 Å². The zero-order valence-electron chi connectivity index (χ0n) is 12.5. The molecule has 0 fully saturated rings. The number of hydrogen-bond acceptors (Lipinski definition) is 7. The predicted octanol–water partition coefficient (Wildman–Crippen LogP) is 2.25. The standard InChI is InChI=1S/C14H20N4O2S/c1-4-20-14(19)11-8(2)10-12(16-7-5-6-15)17-9(3)18-13(10)21-11/h4-7,15H2,1-3H3,(H,16,17,18). The van der Waals surface area contributed by atoms with Gasteiger partial charge in [0.1, 0.15) is 21.3 Å². The van der Waals surface area contributed by atoms with Gasteiger partial charge in [-0.1, -0.05) is 0 Å². The quantitative estimate of drug-likeness (QED) is 0.628. The third kappa shape index (κ3) is 3.30. The summed E-state index contributed by atoms with van der Waals surface area (Å²) < 4.78 is 5.09. The normalized spacial score (nSPS) is 10.9. The number of hydrogen-bond donors (Lipinski definition) is 2. The second-order valence-corrected chi connectivity index (χ2v) is 5.64. The molecule has 2 heterocycles. The van der Waals surface area contributed by atoms with E-state index in [1.165, 1.54) is 11.3 Å². The molecule has 0 saturated heterocycles. The Labute approximate surface area is 127 Å². The second kappa shape index (κ2) is 6.82. The lowest BCUT2D eigenvalue weighted by Crippen LogP contribution is -2.10. The van der Waals surface area contributed by atoms with Gasteiger partial charge in [0.25, 0.3) is 0 Å². The summed E-state index contributed by atoms with van der Waals surface area (Å²) >= 11 is 1.35. The lowest BCUT2D eigenvalue weighted by Gasteiger charge is -2.07. The first-order valence-electron chi connectivity index (χ1n) is 6.97. The van der Waals surface area contributed by atoms with Crippen molar-refractivity contribution in [3.8, 4) is 0 Å². The minimum Gasteiger partial charge on any atom is -0.462 e. The molecular formula is C14H20N4O2S. The molecule has 0 aliphatic heterocycles. The number of anilines is 1. The van der Waals surface area contributed by atoms with Crippen molar-refractivity contribution in [1.29, 1.82) is 0 Å². The number of carbonyl (C=O) groups is 1. The van der Waals surface area contributed by atoms with Gasteiger partial charge < -0.3 is 15.8 Å². The van der Waals surface area contributed by atoms with E-state index >= 15 is 0 Å². The maximum Gasteiger partial charge on any atom is 0.348 e. The number of aromatic nitrogens is 2. The van der Waals surface area contributed by atoms with Crippen LogP contribution in [0, 0.1) is 13.8 Å². The molecule has 114 valence electrons. The summed E-state index contributed by atoms with van der Waals surface area (Å²) in [6.07, 6.45) is 0.860. The highest BCUT2D eigenvalue weighted by Crippen LogP contribution is 2.34. The molecule has 21 heavy (non-hydrogen) atoms. The molecule has 2 rings (SSSR count). The summed E-state index contributed by atoms with van der Waals surface area (Å²) in [5.41, 5.74) is 6.37. The topological polar surface area (TPSA) is 90.1 Å². The smallest absolute Gasteiger partial charge is 0.348 e. The highest BCUT2D eigenvalue weighted by atomic mass is 32.1. The van der Waals surface area contributed by atoms with Crippen LogP contribution in [0.5, 0.6) is 0 Å². The molecule has 0 unspecified atom stereocenters. The molecule has 3 N–H and O–H groups in total. The molecular weight excluding hydrogens is 288 g/mol. The number of esters is 1. The first-order chi connectivity index (χ1) is 10.1. The van der Waals surface area contributed by atoms with Crippen LogP contribution in [0.4, 0.5) is 5.82 Å². The lowest BCUT2D eigenvalue weighted by atomic mass is 10.2. The molecule has 0 aliphatic rings. The zero-order valence-corrected chi connectivity index (χ0v) is 13.3. The molecule has 0 bridgehead atoms. The van der Waals surface area contributed by atoms with Crippen molar-refractivity contribution in [2.24, 2.45) is 5.73 Å². The molecule has 6 nitrogen and oxygen atoms in total. The van der Waals surface area contributed by atoms with Gasteiger partial charge in [0.05, 0.1) is 12.0 Å². The van der Waals surface area contributed by atoms with Gasteiger partial charge in [0, 0.05) is 6.54 Å². The molecule has 0 atom stereocenters. The Bertz CT molecular complexity index is 654. The highest BCUT2D eigenvalue weighted by Gasteiger charge is 2.20. The molecule has 2 aromatic rings. The molecule has 2 aromatic heterocycles. The molecule has 0 saturated carbocycles. The fraction of sp³-hybridized carbons (Fsp3) is 0.500. The third-order valence-electron chi connectivity index (χ3n) is 3.04. The number of aryl methyl sites for hydroxylation is 2. The average Bonchev–Trinajstić information content (AvgIpc) is 2.76. The van der Waals surface area contributed by atoms with Gasteiger partial charge in [-0.05, 0) is 39.3 Å². The summed E-state index contributed by atoms with van der Waals surface area (Å²) in [5.74, 6) is 1.13. The van der Waals surface area contributed by atoms with Crippen molar-refractivity contribution >= 4 is 33.3 Å². The van der Waals surface area contributed by atoms with E-state index < -0.39 is 0 Å². The lowest BCUT2D eigenvalue weighted by molar-refractivity contribution is 0.0531. The van der Waals surface area contributed by atoms with Crippen molar-refractivity contribution in [2.75, 3.05) is 25.0 Å². The monoisotopic (exact) mass is 308 g/mol. The van der Waals surface area contributed by atoms with Crippen LogP contribution in [0.25, 0.3) is 10.2 Å². The van der Waals surface area contributed by atoms with E-state index in [2.05, 4.69) is 15.3 Å². The van der Waals surface area contributed by atoms with Crippen LogP contribution >= 0.6 is 11.3 Å². The number of carbonyl (C=O) groups excluding carboxylic acids is 1. The van der Waals surface area contributed by atoms with Crippen LogP contribution in [-0.2, 0) is 4.74 Å². The number of thiophene rings is 1. The Morgan fingerprint density at radius 2 is 2.14 bits per heavy atom. The van der Waals surface area contributed by atoms with Crippen molar-refractivity contribution < 1.29 is 9.53 Å². The van der Waals surface area contributed by atoms with Gasteiger partial charge in [-0.3, -0.25) is 0 Å². The first-order valence-corrected chi connectivity index (χ1v) is 7.79. The summed E-state index contributed by atoms with van der Waals surface area (Å²) in [6.45, 7) is 7.26. The second-order valence-electron chi connectivity index (χ2n) is 4.65. The highest BCUT2D eigenvalue weighted by molar-refractivity contribution is 7.20. The van der Waals surface area contributed by atoms with Gasteiger partial charge in [-0.25, -0.2) is 14.8 Å². The Kier molecular flexibility index (Phi) is 5.08. The number of fused-ring (bicyclic) bond motifs is 1. The number of rotatable bonds is 6. The number of nitrogens with one attached hydrogen (secondary N) is 1. The number of ether oxygens (including phenoxy) is 1. The number of nitrogens with two attached hydrogens (primary N) is 1. The molecule has 0 aromatic carbocycles. The van der Waals surface area contributed by atoms with Crippen molar-refractivity contribution in [3.05, 3.63) is 16.3 Å². The van der Waals surface area contributed by atoms with E-state index in [1.807, 2.05) is 13.8 Å². The Morgan fingerprint density at radius 1 is 1.38 bits per heavy atom. The first kappa shape index (κ1) is 15.7. The van der Waals surface area contributed by atoms with E-state index in [4.69, 9.17) is 10.5 Å². The van der Waals surface area contributed by atoms with Gasteiger partial charge in [-0.15, -0.1) is 11.3 Å². The minimum absolute atomic E-state index is 0.302. The molecule has 0 amide bonds. The zero-order chi connectivity index (χ0) is 15.4. The molecule has 0 spiro atoms. The van der Waals surface area contributed by atoms with Crippen LogP contribution in [-0.4, -0.2) is 35.6 Å². The fourth-order valence-corrected chi connectivity index (χ4v) is 3.19. The predicted molar refractivity (Wildman–Crippen MR) is 85.0 cm³/mol. The van der Waals surface area contributed by atoms with Crippen LogP contribution in [0.3, 0.4) is 0 Å². The Hall–Kier alpha value is -1.73. The number of nitrogens with zero attached hydrogens (tertiary/aromatic N) is 2. The van der Waals surface area contributed by atoms with E-state index in [0.717, 1.165) is 34.6 Å². The van der Waals surface area contributed by atoms with Crippen LogP contribution in [0.2, 0.25) is 0 Å². The third-order valence-corrected chi connectivity index (χ3v) is 4.20. The van der Waals surface area contributed by atoms with Gasteiger partial charge in [0.2, 0.25) is 0 Å². The van der Waals surface area contributed by atoms with Crippen molar-refractivity contribution in [1.82, 2.24) is 9.97 Å². The molecule has 7 heteroatoms. The largest absolute Gasteiger partial charge is 0.462 e. The summed E-state index contributed by atoms with van der Waals surface area (Å²) in [5, 5.41) is 4.17. The van der Waals surface area contributed by atoms with E-state index in [1.54, 1.807) is 6.92 Å². The van der Waals surface area contributed by atoms with Crippen molar-refractivity contribution in [2.45, 2.75) is 27.2 Å². The molecule has 0 aliphatic carbocycles. The van der Waals surface area contributed by atoms with E-state index in [-0.39, 0.29) is 5.97 Å². The summed E-state index contributed by atoms with van der Waals surface area (Å²) in [6, 6.07) is 0. The van der Waals surface area contributed by atoms with Crippen LogP contribution < -0.4 is 11.1 Å². The van der Waals surface area contributed by atoms with Gasteiger partial charge in [0.15, 0.2) is 0 Å². The van der Waals surface area contributed by atoms with Gasteiger partial charge in [-0.2, -0.15) is 0 Å². The maximum atomic E-state index is 12.0. The Morgan fingerprint density at radius 3 is 2.81 bits per heavy atom.